The molecular weight excluding hydrogens is 263 g/mol. The molecular formula is C13H7FN4O2. The average molecular weight is 270 g/mol. The number of aromatic nitrogens is 2. The number of nitrogens with zero attached hydrogens (tertiary/aromatic N) is 3. The third-order valence-corrected chi connectivity index (χ3v) is 2.72. The summed E-state index contributed by atoms with van der Waals surface area (Å²) in [6.07, 6.45) is 0. The van der Waals surface area contributed by atoms with Crippen LogP contribution in [0.15, 0.2) is 35.0 Å². The van der Waals surface area contributed by atoms with Crippen LogP contribution in [0.4, 0.5) is 10.1 Å². The molecule has 0 saturated heterocycles. The third-order valence-electron chi connectivity index (χ3n) is 2.72. The molecule has 6 nitrogen and oxygen atoms in total. The van der Waals surface area contributed by atoms with E-state index >= 15 is 0 Å². The molecule has 3 rings (SSSR count). The predicted molar refractivity (Wildman–Crippen MR) is 67.4 cm³/mol. The van der Waals surface area contributed by atoms with Crippen LogP contribution in [0.3, 0.4) is 0 Å². The Morgan fingerprint density at radius 2 is 1.95 bits per heavy atom. The first-order chi connectivity index (χ1) is 9.70. The summed E-state index contributed by atoms with van der Waals surface area (Å²) in [6, 6.07) is 8.98. The topological polar surface area (TPSA) is 98.0 Å². The molecule has 2 N–H and O–H groups in total. The lowest BCUT2D eigenvalue weighted by Gasteiger charge is -2.08. The van der Waals surface area contributed by atoms with Gasteiger partial charge in [0.15, 0.2) is 16.8 Å². The number of ether oxygens (including phenoxy) is 1. The van der Waals surface area contributed by atoms with Gasteiger partial charge in [0.1, 0.15) is 23.2 Å². The Balaban J connectivity index is 2.11. The Morgan fingerprint density at radius 1 is 1.15 bits per heavy atom. The summed E-state index contributed by atoms with van der Waals surface area (Å²) in [7, 11) is 0. The largest absolute Gasteiger partial charge is 0.453 e. The van der Waals surface area contributed by atoms with Crippen molar-refractivity contribution < 1.29 is 13.8 Å². The summed E-state index contributed by atoms with van der Waals surface area (Å²) in [4.78, 5) is 0. The zero-order valence-electron chi connectivity index (χ0n) is 10.0. The van der Waals surface area contributed by atoms with Crippen molar-refractivity contribution in [2.75, 3.05) is 5.73 Å². The van der Waals surface area contributed by atoms with E-state index in [-0.39, 0.29) is 17.1 Å². The van der Waals surface area contributed by atoms with E-state index in [2.05, 4.69) is 14.9 Å². The van der Waals surface area contributed by atoms with Gasteiger partial charge in [-0.2, -0.15) is 5.26 Å². The Labute approximate surface area is 112 Å². The van der Waals surface area contributed by atoms with Crippen molar-refractivity contribution in [1.29, 1.82) is 5.26 Å². The van der Waals surface area contributed by atoms with E-state index in [1.165, 1.54) is 18.2 Å². The van der Waals surface area contributed by atoms with Crippen LogP contribution < -0.4 is 10.5 Å². The van der Waals surface area contributed by atoms with E-state index in [0.717, 1.165) is 0 Å². The molecule has 0 radical (unpaired) electrons. The van der Waals surface area contributed by atoms with Crippen molar-refractivity contribution in [2.24, 2.45) is 0 Å². The minimum atomic E-state index is -0.657. The highest BCUT2D eigenvalue weighted by atomic mass is 19.1. The maximum atomic E-state index is 13.5. The van der Waals surface area contributed by atoms with Gasteiger partial charge < -0.3 is 10.5 Å². The molecule has 2 aromatic carbocycles. The highest BCUT2D eigenvalue weighted by Gasteiger charge is 2.15. The monoisotopic (exact) mass is 270 g/mol. The van der Waals surface area contributed by atoms with Crippen LogP contribution >= 0.6 is 0 Å². The molecule has 3 aromatic rings. The number of hydrogen-bond acceptors (Lipinski definition) is 6. The smallest absolute Gasteiger partial charge is 0.179 e. The summed E-state index contributed by atoms with van der Waals surface area (Å²) in [6.45, 7) is 0. The van der Waals surface area contributed by atoms with Gasteiger partial charge >= 0.3 is 0 Å². The van der Waals surface area contributed by atoms with E-state index < -0.39 is 5.82 Å². The molecule has 0 atom stereocenters. The summed E-state index contributed by atoms with van der Waals surface area (Å²) in [5, 5.41) is 16.3. The first kappa shape index (κ1) is 11.9. The molecule has 0 amide bonds. The molecule has 0 fully saturated rings. The number of rotatable bonds is 2. The number of benzene rings is 2. The molecule has 1 heterocycles. The maximum absolute atomic E-state index is 13.5. The Hall–Kier alpha value is -3.14. The Kier molecular flexibility index (Phi) is 2.69. The van der Waals surface area contributed by atoms with Gasteiger partial charge in [-0.25, -0.2) is 9.02 Å². The van der Waals surface area contributed by atoms with Crippen LogP contribution in [0.5, 0.6) is 11.5 Å². The first-order valence-electron chi connectivity index (χ1n) is 5.58. The quantitative estimate of drug-likeness (QED) is 0.719. The van der Waals surface area contributed by atoms with Gasteiger partial charge in [-0.1, -0.05) is 6.07 Å². The van der Waals surface area contributed by atoms with Crippen molar-refractivity contribution in [1.82, 2.24) is 10.3 Å². The second kappa shape index (κ2) is 4.51. The highest BCUT2D eigenvalue weighted by molar-refractivity contribution is 5.90. The molecule has 1 aromatic heterocycles. The van der Waals surface area contributed by atoms with Crippen molar-refractivity contribution in [2.45, 2.75) is 0 Å². The number of hydrogen-bond donors (Lipinski definition) is 1. The number of nitrogen functional groups attached to an aromatic ring is 1. The van der Waals surface area contributed by atoms with Gasteiger partial charge in [0.2, 0.25) is 0 Å². The van der Waals surface area contributed by atoms with Crippen molar-refractivity contribution in [3.8, 4) is 17.6 Å². The second-order valence-electron chi connectivity index (χ2n) is 3.94. The fourth-order valence-corrected chi connectivity index (χ4v) is 1.76. The lowest BCUT2D eigenvalue weighted by atomic mass is 10.2. The number of halogens is 1. The lowest BCUT2D eigenvalue weighted by Crippen LogP contribution is -1.94. The maximum Gasteiger partial charge on any atom is 0.179 e. The van der Waals surface area contributed by atoms with Crippen LogP contribution in [0.2, 0.25) is 0 Å². The van der Waals surface area contributed by atoms with Gasteiger partial charge in [0, 0.05) is 0 Å². The van der Waals surface area contributed by atoms with Gasteiger partial charge in [0.25, 0.3) is 0 Å². The van der Waals surface area contributed by atoms with Crippen LogP contribution in [0.25, 0.3) is 11.0 Å². The van der Waals surface area contributed by atoms with Crippen LogP contribution in [-0.4, -0.2) is 10.3 Å². The molecule has 0 aliphatic heterocycles. The summed E-state index contributed by atoms with van der Waals surface area (Å²) < 4.78 is 23.6. The molecule has 98 valence electrons. The Bertz CT molecular complexity index is 838. The van der Waals surface area contributed by atoms with Gasteiger partial charge in [-0.15, -0.1) is 0 Å². The van der Waals surface area contributed by atoms with Gasteiger partial charge in [-0.3, -0.25) is 0 Å². The zero-order chi connectivity index (χ0) is 14.1. The van der Waals surface area contributed by atoms with Gasteiger partial charge in [-0.05, 0) is 34.6 Å². The normalized spacial score (nSPS) is 10.4. The fourth-order valence-electron chi connectivity index (χ4n) is 1.76. The van der Waals surface area contributed by atoms with E-state index in [4.69, 9.17) is 15.7 Å². The Morgan fingerprint density at radius 3 is 2.75 bits per heavy atom. The van der Waals surface area contributed by atoms with Crippen LogP contribution in [0.1, 0.15) is 5.56 Å². The van der Waals surface area contributed by atoms with E-state index in [0.29, 0.717) is 16.7 Å². The number of fused-ring (bicyclic) bond motifs is 1. The second-order valence-corrected chi connectivity index (χ2v) is 3.94. The predicted octanol–water partition coefficient (Wildman–Crippen LogP) is 2.61. The molecule has 0 spiro atoms. The minimum absolute atomic E-state index is 0.0848. The average Bonchev–Trinajstić information content (AvgIpc) is 2.93. The summed E-state index contributed by atoms with van der Waals surface area (Å²) in [5.41, 5.74) is 6.56. The van der Waals surface area contributed by atoms with Crippen molar-refractivity contribution in [3.05, 3.63) is 41.7 Å². The lowest BCUT2D eigenvalue weighted by molar-refractivity contribution is 0.314. The molecule has 0 aliphatic carbocycles. The third kappa shape index (κ3) is 1.80. The molecule has 0 aliphatic rings. The fraction of sp³-hybridized carbons (Fsp3) is 0. The summed E-state index contributed by atoms with van der Waals surface area (Å²) in [5.74, 6) is -0.297. The SMILES string of the molecule is N#Cc1c(F)cccc1Oc1ccc(N)c2nonc12. The molecule has 0 unspecified atom stereocenters. The first-order valence-corrected chi connectivity index (χ1v) is 5.58. The summed E-state index contributed by atoms with van der Waals surface area (Å²) >= 11 is 0. The highest BCUT2D eigenvalue weighted by Crippen LogP contribution is 2.32. The minimum Gasteiger partial charge on any atom is -0.453 e. The molecule has 20 heavy (non-hydrogen) atoms. The number of nitrogens with two attached hydrogens (primary N) is 1. The number of nitriles is 1. The van der Waals surface area contributed by atoms with Crippen LogP contribution in [0, 0.1) is 17.1 Å². The van der Waals surface area contributed by atoms with Crippen molar-refractivity contribution in [3.63, 3.8) is 0 Å². The molecule has 0 saturated carbocycles. The van der Waals surface area contributed by atoms with Crippen molar-refractivity contribution >= 4 is 16.7 Å². The van der Waals surface area contributed by atoms with E-state index in [9.17, 15) is 4.39 Å². The zero-order valence-corrected chi connectivity index (χ0v) is 10.0. The van der Waals surface area contributed by atoms with E-state index in [1.807, 2.05) is 0 Å². The standard InChI is InChI=1S/C13H7FN4O2/c14-8-2-1-3-10(7(8)6-15)19-11-5-4-9(16)12-13(11)18-20-17-12/h1-5H,16H2. The molecule has 7 heteroatoms. The van der Waals surface area contributed by atoms with E-state index in [1.54, 1.807) is 18.2 Å². The van der Waals surface area contributed by atoms with Crippen LogP contribution in [-0.2, 0) is 0 Å². The van der Waals surface area contributed by atoms with Gasteiger partial charge in [0.05, 0.1) is 5.69 Å². The molecule has 0 bridgehead atoms. The number of anilines is 1.